The molecule has 0 spiro atoms. The topological polar surface area (TPSA) is 60.9 Å². The number of rotatable bonds is 3. The molecule has 0 bridgehead atoms. The van der Waals surface area contributed by atoms with E-state index in [4.69, 9.17) is 5.11 Å². The predicted molar refractivity (Wildman–Crippen MR) is 73.0 cm³/mol. The van der Waals surface area contributed by atoms with Crippen LogP contribution in [0.5, 0.6) is 0 Å². The minimum absolute atomic E-state index is 0.178. The van der Waals surface area contributed by atoms with E-state index in [1.807, 2.05) is 11.8 Å². The summed E-state index contributed by atoms with van der Waals surface area (Å²) in [4.78, 5) is 26.5. The smallest absolute Gasteiger partial charge is 0.326 e. The molecule has 1 rings (SSSR count). The zero-order chi connectivity index (χ0) is 13.9. The number of aliphatic carboxylic acids is 1. The lowest BCUT2D eigenvalue weighted by atomic mass is 10.2. The maximum atomic E-state index is 12.3. The van der Waals surface area contributed by atoms with E-state index in [1.54, 1.807) is 18.9 Å². The van der Waals surface area contributed by atoms with Gasteiger partial charge in [0.15, 0.2) is 0 Å². The number of carbonyl (C=O) groups is 2. The molecule has 1 aliphatic rings. The van der Waals surface area contributed by atoms with E-state index < -0.39 is 12.0 Å². The molecule has 0 aromatic carbocycles. The van der Waals surface area contributed by atoms with Crippen molar-refractivity contribution in [2.45, 2.75) is 43.7 Å². The first-order chi connectivity index (χ1) is 8.36. The normalized spacial score (nSPS) is 25.7. The highest BCUT2D eigenvalue weighted by molar-refractivity contribution is 8.00. The second-order valence-corrected chi connectivity index (χ2v) is 6.70. The van der Waals surface area contributed by atoms with Crippen molar-refractivity contribution in [2.75, 3.05) is 20.1 Å². The van der Waals surface area contributed by atoms with Gasteiger partial charge in [-0.1, -0.05) is 20.8 Å². The quantitative estimate of drug-likeness (QED) is 0.851. The Kier molecular flexibility index (Phi) is 5.31. The number of thioether (sulfide) groups is 1. The molecule has 6 heteroatoms. The zero-order valence-electron chi connectivity index (χ0n) is 11.4. The Balaban J connectivity index is 2.70. The molecule has 5 nitrogen and oxygen atoms in total. The lowest BCUT2D eigenvalue weighted by Crippen LogP contribution is -2.53. The average Bonchev–Trinajstić information content (AvgIpc) is 2.26. The van der Waals surface area contributed by atoms with Crippen LogP contribution in [0.25, 0.3) is 0 Å². The second kappa shape index (κ2) is 6.31. The summed E-state index contributed by atoms with van der Waals surface area (Å²) >= 11 is 1.87. The molecule has 0 radical (unpaired) electrons. The van der Waals surface area contributed by atoms with Gasteiger partial charge >= 0.3 is 12.0 Å². The first kappa shape index (κ1) is 15.1. The molecule has 104 valence electrons. The van der Waals surface area contributed by atoms with E-state index in [-0.39, 0.29) is 6.03 Å². The number of hydrogen-bond donors (Lipinski definition) is 1. The van der Waals surface area contributed by atoms with Gasteiger partial charge < -0.3 is 14.9 Å². The monoisotopic (exact) mass is 274 g/mol. The zero-order valence-corrected chi connectivity index (χ0v) is 12.2. The average molecular weight is 274 g/mol. The van der Waals surface area contributed by atoms with Gasteiger partial charge in [0, 0.05) is 30.6 Å². The molecule has 0 aliphatic carbocycles. The molecule has 1 fully saturated rings. The first-order valence-electron chi connectivity index (χ1n) is 6.26. The third-order valence-corrected chi connectivity index (χ3v) is 4.36. The summed E-state index contributed by atoms with van der Waals surface area (Å²) in [6, 6.07) is -0.916. The Morgan fingerprint density at radius 3 is 2.28 bits per heavy atom. The van der Waals surface area contributed by atoms with Crippen LogP contribution in [0.1, 0.15) is 27.2 Å². The molecule has 0 saturated carbocycles. The van der Waals surface area contributed by atoms with Crippen LogP contribution in [0.4, 0.5) is 4.79 Å². The molecule has 1 aliphatic heterocycles. The number of carboxylic acids is 1. The van der Waals surface area contributed by atoms with Crippen LogP contribution in [0, 0.1) is 0 Å². The van der Waals surface area contributed by atoms with Crippen molar-refractivity contribution in [1.29, 1.82) is 0 Å². The van der Waals surface area contributed by atoms with Crippen LogP contribution < -0.4 is 0 Å². The lowest BCUT2D eigenvalue weighted by molar-refractivity contribution is -0.142. The number of hydrogen-bond acceptors (Lipinski definition) is 3. The van der Waals surface area contributed by atoms with Crippen LogP contribution in [0.3, 0.4) is 0 Å². The summed E-state index contributed by atoms with van der Waals surface area (Å²) in [6.45, 7) is 7.34. The number of carboxylic acid groups (broad SMARTS) is 1. The van der Waals surface area contributed by atoms with Gasteiger partial charge in [0.2, 0.25) is 0 Å². The molecule has 0 aromatic rings. The molecule has 2 amide bonds. The number of urea groups is 1. The van der Waals surface area contributed by atoms with Gasteiger partial charge in [-0.2, -0.15) is 11.8 Å². The molecule has 1 heterocycles. The van der Waals surface area contributed by atoms with E-state index in [1.165, 1.54) is 4.90 Å². The molecular weight excluding hydrogens is 252 g/mol. The summed E-state index contributed by atoms with van der Waals surface area (Å²) < 4.78 is 0. The standard InChI is InChI=1S/C12H22N2O3S/c1-5-10(11(15)16)13(4)12(17)14-6-8(2)18-9(3)7-14/h8-10H,5-7H2,1-4H3,(H,15,16). The minimum Gasteiger partial charge on any atom is -0.480 e. The fourth-order valence-corrected chi connectivity index (χ4v) is 3.63. The van der Waals surface area contributed by atoms with Gasteiger partial charge in [0.25, 0.3) is 0 Å². The summed E-state index contributed by atoms with van der Waals surface area (Å²) in [5.41, 5.74) is 0. The van der Waals surface area contributed by atoms with Crippen molar-refractivity contribution in [2.24, 2.45) is 0 Å². The molecule has 3 atom stereocenters. The maximum Gasteiger partial charge on any atom is 0.326 e. The van der Waals surface area contributed by atoms with E-state index in [2.05, 4.69) is 13.8 Å². The highest BCUT2D eigenvalue weighted by Crippen LogP contribution is 2.25. The summed E-state index contributed by atoms with van der Waals surface area (Å²) in [5.74, 6) is -0.944. The molecular formula is C12H22N2O3S. The third kappa shape index (κ3) is 3.54. The fraction of sp³-hybridized carbons (Fsp3) is 0.833. The first-order valence-corrected chi connectivity index (χ1v) is 7.21. The van der Waals surface area contributed by atoms with Crippen LogP contribution in [-0.4, -0.2) is 63.6 Å². The van der Waals surface area contributed by atoms with Crippen molar-refractivity contribution >= 4 is 23.8 Å². The lowest BCUT2D eigenvalue weighted by Gasteiger charge is -2.38. The van der Waals surface area contributed by atoms with E-state index >= 15 is 0 Å². The highest BCUT2D eigenvalue weighted by atomic mass is 32.2. The Morgan fingerprint density at radius 1 is 1.39 bits per heavy atom. The Bertz CT molecular complexity index is 314. The highest BCUT2D eigenvalue weighted by Gasteiger charge is 2.32. The van der Waals surface area contributed by atoms with Crippen LogP contribution in [0.15, 0.2) is 0 Å². The molecule has 3 unspecified atom stereocenters. The molecule has 18 heavy (non-hydrogen) atoms. The number of likely N-dealkylation sites (N-methyl/N-ethyl adjacent to an activating group) is 1. The van der Waals surface area contributed by atoms with Crippen LogP contribution in [0.2, 0.25) is 0 Å². The molecule has 1 saturated heterocycles. The van der Waals surface area contributed by atoms with Gasteiger partial charge in [0.1, 0.15) is 6.04 Å². The molecule has 0 aromatic heterocycles. The van der Waals surface area contributed by atoms with Gasteiger partial charge in [-0.25, -0.2) is 9.59 Å². The van der Waals surface area contributed by atoms with Gasteiger partial charge in [0.05, 0.1) is 0 Å². The Labute approximate surface area is 113 Å². The van der Waals surface area contributed by atoms with E-state index in [0.717, 1.165) is 0 Å². The number of carbonyl (C=O) groups excluding carboxylic acids is 1. The Morgan fingerprint density at radius 2 is 1.89 bits per heavy atom. The van der Waals surface area contributed by atoms with Crippen LogP contribution >= 0.6 is 11.8 Å². The number of amides is 2. The summed E-state index contributed by atoms with van der Waals surface area (Å²) in [7, 11) is 1.57. The third-order valence-electron chi connectivity index (χ3n) is 3.13. The second-order valence-electron chi connectivity index (χ2n) is 4.82. The minimum atomic E-state index is -0.944. The number of nitrogens with zero attached hydrogens (tertiary/aromatic N) is 2. The summed E-state index contributed by atoms with van der Waals surface area (Å²) in [5, 5.41) is 9.88. The SMILES string of the molecule is CCC(C(=O)O)N(C)C(=O)N1CC(C)SC(C)C1. The Hall–Kier alpha value is -0.910. The fourth-order valence-electron chi connectivity index (χ4n) is 2.30. The van der Waals surface area contributed by atoms with Gasteiger partial charge in [-0.15, -0.1) is 0 Å². The van der Waals surface area contributed by atoms with Crippen molar-refractivity contribution in [1.82, 2.24) is 9.80 Å². The van der Waals surface area contributed by atoms with Crippen molar-refractivity contribution < 1.29 is 14.7 Å². The van der Waals surface area contributed by atoms with E-state index in [9.17, 15) is 9.59 Å². The predicted octanol–water partition coefficient (Wildman–Crippen LogP) is 1.73. The van der Waals surface area contributed by atoms with Gasteiger partial charge in [-0.05, 0) is 6.42 Å². The summed E-state index contributed by atoms with van der Waals surface area (Å²) in [6.07, 6.45) is 0.422. The maximum absolute atomic E-state index is 12.3. The van der Waals surface area contributed by atoms with Crippen LogP contribution in [-0.2, 0) is 4.79 Å². The largest absolute Gasteiger partial charge is 0.480 e. The van der Waals surface area contributed by atoms with Crippen molar-refractivity contribution in [3.63, 3.8) is 0 Å². The van der Waals surface area contributed by atoms with Gasteiger partial charge in [-0.3, -0.25) is 0 Å². The van der Waals surface area contributed by atoms with Crippen molar-refractivity contribution in [3.8, 4) is 0 Å². The van der Waals surface area contributed by atoms with Crippen molar-refractivity contribution in [3.05, 3.63) is 0 Å². The molecule has 1 N–H and O–H groups in total. The van der Waals surface area contributed by atoms with E-state index in [0.29, 0.717) is 30.0 Å².